The molecule has 102 valence electrons. The Kier molecular flexibility index (Phi) is 4.30. The van der Waals surface area contributed by atoms with Crippen LogP contribution < -0.4 is 4.72 Å². The molecule has 0 fully saturated rings. The molecule has 0 radical (unpaired) electrons. The number of ketones is 1. The SMILES string of the molecule is CC(F)C(=O)c1cscc1S(=O)(=O)NC(C)(C)C. The van der Waals surface area contributed by atoms with E-state index in [0.717, 1.165) is 18.3 Å². The standard InChI is InChI=1S/C11H16FNO3S2/c1-7(12)10(14)8-5-17-6-9(8)18(15,16)13-11(2,3)4/h5-7,13H,1-4H3. The van der Waals surface area contributed by atoms with Gasteiger partial charge in [-0.25, -0.2) is 17.5 Å². The van der Waals surface area contributed by atoms with Crippen LogP contribution in [0.4, 0.5) is 4.39 Å². The minimum Gasteiger partial charge on any atom is -0.291 e. The summed E-state index contributed by atoms with van der Waals surface area (Å²) in [4.78, 5) is 11.4. The van der Waals surface area contributed by atoms with Gasteiger partial charge in [-0.1, -0.05) is 0 Å². The maximum Gasteiger partial charge on any atom is 0.242 e. The normalized spacial score (nSPS) is 14.5. The van der Waals surface area contributed by atoms with Crippen LogP contribution in [-0.4, -0.2) is 25.9 Å². The van der Waals surface area contributed by atoms with Gasteiger partial charge in [-0.2, -0.15) is 11.3 Å². The van der Waals surface area contributed by atoms with E-state index in [1.807, 2.05) is 0 Å². The third-order valence-corrected chi connectivity index (χ3v) is 4.67. The summed E-state index contributed by atoms with van der Waals surface area (Å²) in [6.45, 7) is 6.16. The summed E-state index contributed by atoms with van der Waals surface area (Å²) in [5, 5.41) is 2.69. The van der Waals surface area contributed by atoms with E-state index in [4.69, 9.17) is 0 Å². The van der Waals surface area contributed by atoms with Crippen LogP contribution in [0.3, 0.4) is 0 Å². The molecule has 1 aromatic rings. The molecule has 0 aliphatic carbocycles. The van der Waals surface area contributed by atoms with E-state index in [2.05, 4.69) is 4.72 Å². The summed E-state index contributed by atoms with van der Waals surface area (Å²) in [5.74, 6) is -0.814. The van der Waals surface area contributed by atoms with Crippen molar-refractivity contribution >= 4 is 27.1 Å². The predicted octanol–water partition coefficient (Wildman–Crippen LogP) is 2.37. The van der Waals surface area contributed by atoms with Crippen molar-refractivity contribution in [3.63, 3.8) is 0 Å². The molecule has 18 heavy (non-hydrogen) atoms. The highest BCUT2D eigenvalue weighted by atomic mass is 32.2. The molecule has 4 nitrogen and oxygen atoms in total. The second-order valence-corrected chi connectivity index (χ2v) is 7.38. The van der Waals surface area contributed by atoms with E-state index in [0.29, 0.717) is 0 Å². The minimum atomic E-state index is -3.81. The third kappa shape index (κ3) is 3.60. The van der Waals surface area contributed by atoms with Crippen molar-refractivity contribution in [2.24, 2.45) is 0 Å². The van der Waals surface area contributed by atoms with Gasteiger partial charge in [0.05, 0.1) is 5.56 Å². The van der Waals surface area contributed by atoms with Gasteiger partial charge in [0.2, 0.25) is 10.0 Å². The summed E-state index contributed by atoms with van der Waals surface area (Å²) in [6.07, 6.45) is -1.72. The Morgan fingerprint density at radius 2 is 1.94 bits per heavy atom. The van der Waals surface area contributed by atoms with E-state index in [-0.39, 0.29) is 10.5 Å². The van der Waals surface area contributed by atoms with Crippen LogP contribution in [0.15, 0.2) is 15.7 Å². The zero-order valence-corrected chi connectivity index (χ0v) is 12.3. The Balaban J connectivity index is 3.20. The van der Waals surface area contributed by atoms with Crippen molar-refractivity contribution in [1.82, 2.24) is 4.72 Å². The summed E-state index contributed by atoms with van der Waals surface area (Å²) >= 11 is 1.06. The zero-order valence-electron chi connectivity index (χ0n) is 10.7. The van der Waals surface area contributed by atoms with Crippen molar-refractivity contribution < 1.29 is 17.6 Å². The van der Waals surface area contributed by atoms with Crippen LogP contribution >= 0.6 is 11.3 Å². The lowest BCUT2D eigenvalue weighted by Crippen LogP contribution is -2.40. The van der Waals surface area contributed by atoms with Crippen LogP contribution in [0.1, 0.15) is 38.1 Å². The Morgan fingerprint density at radius 1 is 1.39 bits per heavy atom. The predicted molar refractivity (Wildman–Crippen MR) is 69.3 cm³/mol. The molecule has 0 amide bonds. The lowest BCUT2D eigenvalue weighted by molar-refractivity contribution is 0.0890. The fourth-order valence-electron chi connectivity index (χ4n) is 1.35. The highest BCUT2D eigenvalue weighted by Crippen LogP contribution is 2.24. The molecule has 0 aliphatic heterocycles. The maximum atomic E-state index is 13.0. The molecule has 0 saturated heterocycles. The van der Waals surface area contributed by atoms with Crippen molar-refractivity contribution in [3.8, 4) is 0 Å². The fraction of sp³-hybridized carbons (Fsp3) is 0.545. The smallest absolute Gasteiger partial charge is 0.242 e. The number of thiophene rings is 1. The number of rotatable bonds is 4. The van der Waals surface area contributed by atoms with Gasteiger partial charge < -0.3 is 0 Å². The van der Waals surface area contributed by atoms with E-state index in [1.165, 1.54) is 10.8 Å². The van der Waals surface area contributed by atoms with Crippen molar-refractivity contribution in [2.75, 3.05) is 0 Å². The lowest BCUT2D eigenvalue weighted by Gasteiger charge is -2.20. The molecule has 1 unspecified atom stereocenters. The molecule has 1 N–H and O–H groups in total. The summed E-state index contributed by atoms with van der Waals surface area (Å²) in [5.41, 5.74) is -0.755. The topological polar surface area (TPSA) is 63.2 Å². The lowest BCUT2D eigenvalue weighted by atomic mass is 10.1. The molecule has 1 heterocycles. The second-order valence-electron chi connectivity index (χ2n) is 4.99. The third-order valence-electron chi connectivity index (χ3n) is 1.98. The molecule has 0 saturated carbocycles. The van der Waals surface area contributed by atoms with Gasteiger partial charge >= 0.3 is 0 Å². The highest BCUT2D eigenvalue weighted by molar-refractivity contribution is 7.89. The van der Waals surface area contributed by atoms with Crippen LogP contribution in [0, 0.1) is 0 Å². The van der Waals surface area contributed by atoms with Gasteiger partial charge in [-0.3, -0.25) is 4.79 Å². The van der Waals surface area contributed by atoms with E-state index in [9.17, 15) is 17.6 Å². The van der Waals surface area contributed by atoms with Crippen molar-refractivity contribution in [1.29, 1.82) is 0 Å². The number of Topliss-reactive ketones (excluding diaryl/α,β-unsaturated/α-hetero) is 1. The monoisotopic (exact) mass is 293 g/mol. The first-order chi connectivity index (χ1) is 8.04. The van der Waals surface area contributed by atoms with Gasteiger partial charge in [0.1, 0.15) is 4.90 Å². The average Bonchev–Trinajstić information content (AvgIpc) is 2.60. The van der Waals surface area contributed by atoms with Gasteiger partial charge in [0, 0.05) is 16.3 Å². The molecular weight excluding hydrogens is 277 g/mol. The molecule has 1 atom stereocenters. The molecule has 0 aromatic carbocycles. The quantitative estimate of drug-likeness (QED) is 0.867. The van der Waals surface area contributed by atoms with Gasteiger partial charge in [0.25, 0.3) is 0 Å². The fourth-order valence-corrected chi connectivity index (χ4v) is 4.16. The van der Waals surface area contributed by atoms with E-state index < -0.39 is 27.5 Å². The first-order valence-electron chi connectivity index (χ1n) is 5.33. The molecule has 0 bridgehead atoms. The van der Waals surface area contributed by atoms with E-state index >= 15 is 0 Å². The molecular formula is C11H16FNO3S2. The summed E-state index contributed by atoms with van der Waals surface area (Å²) in [6, 6.07) is 0. The van der Waals surface area contributed by atoms with Crippen molar-refractivity contribution in [3.05, 3.63) is 16.3 Å². The molecule has 0 aliphatic rings. The number of nitrogens with one attached hydrogen (secondary N) is 1. The molecule has 1 aromatic heterocycles. The number of sulfonamides is 1. The Hall–Kier alpha value is -0.790. The number of halogens is 1. The van der Waals surface area contributed by atoms with Crippen LogP contribution in [0.2, 0.25) is 0 Å². The summed E-state index contributed by atoms with van der Waals surface area (Å²) in [7, 11) is -3.81. The first-order valence-corrected chi connectivity index (χ1v) is 7.75. The molecule has 1 rings (SSSR count). The minimum absolute atomic E-state index is 0.0910. The Morgan fingerprint density at radius 3 is 2.39 bits per heavy atom. The van der Waals surface area contributed by atoms with Crippen LogP contribution in [0.5, 0.6) is 0 Å². The van der Waals surface area contributed by atoms with Crippen LogP contribution in [0.25, 0.3) is 0 Å². The van der Waals surface area contributed by atoms with Gasteiger partial charge in [-0.05, 0) is 27.7 Å². The molecule has 0 spiro atoms. The van der Waals surface area contributed by atoms with Crippen molar-refractivity contribution in [2.45, 2.75) is 44.3 Å². The largest absolute Gasteiger partial charge is 0.291 e. The van der Waals surface area contributed by atoms with Gasteiger partial charge in [0.15, 0.2) is 12.0 Å². The van der Waals surface area contributed by atoms with Crippen LogP contribution in [-0.2, 0) is 10.0 Å². The maximum absolute atomic E-state index is 13.0. The Bertz CT molecular complexity index is 541. The highest BCUT2D eigenvalue weighted by Gasteiger charge is 2.29. The average molecular weight is 293 g/mol. The van der Waals surface area contributed by atoms with E-state index in [1.54, 1.807) is 20.8 Å². The number of carbonyl (C=O) groups is 1. The molecule has 7 heteroatoms. The Labute approximate surface area is 110 Å². The van der Waals surface area contributed by atoms with Gasteiger partial charge in [-0.15, -0.1) is 0 Å². The number of carbonyl (C=O) groups excluding carboxylic acids is 1. The first kappa shape index (κ1) is 15.3. The second kappa shape index (κ2) is 5.07. The summed E-state index contributed by atoms with van der Waals surface area (Å²) < 4.78 is 39.6. The number of hydrogen-bond donors (Lipinski definition) is 1. The number of hydrogen-bond acceptors (Lipinski definition) is 4. The number of alkyl halides is 1. The zero-order chi connectivity index (χ0) is 14.1.